The molecule has 11 aliphatic rings. The van der Waals surface area contributed by atoms with Gasteiger partial charge in [-0.3, -0.25) is 9.59 Å². The van der Waals surface area contributed by atoms with Crippen molar-refractivity contribution < 1.29 is 278 Å². The first-order valence-electron chi connectivity index (χ1n) is 40.7. The third-order valence-electron chi connectivity index (χ3n) is 23.8. The van der Waals surface area contributed by atoms with Crippen LogP contribution in [0.25, 0.3) is 0 Å². The number of carbonyl (C=O) groups excluding carboxylic acids is 2. The van der Waals surface area contributed by atoms with E-state index in [1.54, 1.807) is 0 Å². The Morgan fingerprint density at radius 1 is 0.203 bits per heavy atom. The van der Waals surface area contributed by atoms with E-state index in [-0.39, 0.29) is 0 Å². The Labute approximate surface area is 722 Å². The number of hydrogen-bond donors (Lipinski definition) is 35. The Kier molecular flexibility index (Phi) is 37.7. The third-order valence-corrected chi connectivity index (χ3v) is 23.8. The number of carbonyl (C=O) groups is 2. The summed E-state index contributed by atoms with van der Waals surface area (Å²) in [5, 5.41) is 373. The van der Waals surface area contributed by atoms with Crippen LogP contribution in [0.15, 0.2) is 0 Å². The molecule has 11 aliphatic heterocycles. The van der Waals surface area contributed by atoms with Gasteiger partial charge in [0.1, 0.15) is 268 Å². The highest BCUT2D eigenvalue weighted by Gasteiger charge is 2.62. The molecule has 0 spiro atoms. The minimum Gasteiger partial charge on any atom is -0.394 e. The normalized spacial score (nSPS) is 51.7. The van der Waals surface area contributed by atoms with Gasteiger partial charge >= 0.3 is 0 Å². The maximum Gasteiger partial charge on any atom is 0.217 e. The molecule has 58 heteroatoms. The lowest BCUT2D eigenvalue weighted by Gasteiger charge is -2.51. The molecule has 0 bridgehead atoms. The predicted molar refractivity (Wildman–Crippen MR) is 386 cm³/mol. The average Bonchev–Trinajstić information content (AvgIpc) is 0.758. The highest BCUT2D eigenvalue weighted by molar-refractivity contribution is 5.73. The second kappa shape index (κ2) is 45.8. The van der Waals surface area contributed by atoms with Crippen molar-refractivity contribution >= 4 is 11.8 Å². The highest BCUT2D eigenvalue weighted by atomic mass is 16.8. The first-order chi connectivity index (χ1) is 60.7. The Morgan fingerprint density at radius 2 is 0.422 bits per heavy atom. The summed E-state index contributed by atoms with van der Waals surface area (Å²) < 4.78 is 124. The molecule has 11 heterocycles. The van der Waals surface area contributed by atoms with Crippen LogP contribution >= 0.6 is 0 Å². The molecule has 11 rings (SSSR count). The molecule has 58 nitrogen and oxygen atoms in total. The topological polar surface area (TPSA) is 920 Å². The molecule has 0 aromatic heterocycles. The fraction of sp³-hybridized carbons (Fsp3) is 0.971. The lowest BCUT2D eigenvalue weighted by molar-refractivity contribution is -0.406. The Balaban J connectivity index is 0.969. The van der Waals surface area contributed by atoms with Crippen LogP contribution < -0.4 is 10.6 Å². The second-order valence-corrected chi connectivity index (χ2v) is 32.3. The molecule has 744 valence electrons. The maximum absolute atomic E-state index is 13.1. The van der Waals surface area contributed by atoms with Crippen molar-refractivity contribution in [3.05, 3.63) is 0 Å². The van der Waals surface area contributed by atoms with Crippen molar-refractivity contribution in [3.63, 3.8) is 0 Å². The van der Waals surface area contributed by atoms with Crippen molar-refractivity contribution in [3.8, 4) is 0 Å². The van der Waals surface area contributed by atoms with Crippen LogP contribution in [-0.2, 0) is 109 Å². The fourth-order valence-corrected chi connectivity index (χ4v) is 16.5. The van der Waals surface area contributed by atoms with E-state index in [1.807, 2.05) is 0 Å². The summed E-state index contributed by atoms with van der Waals surface area (Å²) >= 11 is 0. The van der Waals surface area contributed by atoms with Gasteiger partial charge in [0.2, 0.25) is 11.8 Å². The quantitative estimate of drug-likeness (QED) is 0.0290. The van der Waals surface area contributed by atoms with Gasteiger partial charge in [0.15, 0.2) is 69.2 Å². The molecule has 0 saturated carbocycles. The first-order valence-corrected chi connectivity index (χ1v) is 40.7. The minimum atomic E-state index is -2.76. The van der Waals surface area contributed by atoms with E-state index in [4.69, 9.17) is 99.5 Å². The van der Waals surface area contributed by atoms with Crippen molar-refractivity contribution in [2.24, 2.45) is 0 Å². The zero-order valence-electron chi connectivity index (χ0n) is 67.7. The van der Waals surface area contributed by atoms with Gasteiger partial charge in [-0.25, -0.2) is 0 Å². The lowest BCUT2D eigenvalue weighted by Crippen LogP contribution is -2.70. The number of amides is 2. The predicted octanol–water partition coefficient (Wildman–Crippen LogP) is -24.7. The summed E-state index contributed by atoms with van der Waals surface area (Å²) in [5.41, 5.74) is 0. The molecule has 1 unspecified atom stereocenters. The highest BCUT2D eigenvalue weighted by Crippen LogP contribution is 2.42. The van der Waals surface area contributed by atoms with Gasteiger partial charge in [-0.2, -0.15) is 0 Å². The molecule has 128 heavy (non-hydrogen) atoms. The van der Waals surface area contributed by atoms with E-state index in [0.29, 0.717) is 0 Å². The molecule has 11 fully saturated rings. The SMILES string of the molecule is CC(=O)N[C@H]1[C@H](O[C@H]2[C@H](O)[C@@H](NC(C)=O)C(O)O[C@@H]2CO)O[C@H](CO)[C@@H](O[C@@H]2O[C@H](CO[C@H]3O[C@H](CO)[C@@H](O)[C@H](O)[C@@H]3O[C@H]3O[C@H](CO)[C@@H](O)[C@H](O)[C@@H]3O[C@H]3O[C@H](CO)[C@@H](O)[C@H](O)[C@@H]3O)[C@@H](O)[C@H](O[C@H]3O[C@H](CO[C@H]4O[C@H](CO)[C@@H](O)[C@H](O)[C@@H]4O[C@H]4O[C@H](CO)[C@@H](O)[C@H](O)[C@@H]4O)[C@@H](O)[C@H](O[C@H]4O[C@H](CO)[C@@H](O)[C@H](O)[C@@H]4O[C@H]4O[C@H](CO)[C@@H](O)[C@H](O)[C@@H]4O)[C@@H]3O)[C@@H]2O)[C@@H]1O. The van der Waals surface area contributed by atoms with E-state index in [1.165, 1.54) is 0 Å². The van der Waals surface area contributed by atoms with Crippen molar-refractivity contribution in [1.29, 1.82) is 0 Å². The molecule has 0 aromatic carbocycles. The van der Waals surface area contributed by atoms with E-state index < -0.39 is 422 Å². The van der Waals surface area contributed by atoms with Gasteiger partial charge in [-0.05, 0) is 0 Å². The number of aliphatic hydroxyl groups is 33. The van der Waals surface area contributed by atoms with Crippen molar-refractivity contribution in [1.82, 2.24) is 10.6 Å². The van der Waals surface area contributed by atoms with Gasteiger partial charge in [-0.15, -0.1) is 0 Å². The minimum absolute atomic E-state index is 0.827. The summed E-state index contributed by atoms with van der Waals surface area (Å²) in [7, 11) is 0. The largest absolute Gasteiger partial charge is 0.394 e. The van der Waals surface area contributed by atoms with E-state index in [9.17, 15) is 178 Å². The standard InChI is InChI=1S/C70H118N2O56/c1-14(82)71-27-38(93)52(23(10-80)110-60(27)107)121-61-28(72-15(2)83)39(94)53(24(11-81)118-61)122-65-50(105)54(36(91)25(119-65)12-109-68-57(44(99)33(88)20(7-77)115-68)128-70-59(46(101)35(90)22(9-79)117-70)127-64-49(104)42(97)31(86)18(5-75)113-64)123-66-51(106)55(124-69-58(45(100)34(89)21(8-78)116-69)126-63-48(103)41(96)30(85)17(4-74)112-63)37(92)26(120-66)13-108-67-56(43(98)32(87)19(6-76)114-67)125-62-47(102)40(95)29(84)16(3-73)111-62/h16-70,73-81,84-107H,3-13H2,1-2H3,(H,71,82)(H,72,83)/t16-,17-,18-,19-,20-,21-,22-,23-,24-,25-,26-,27-,28-,29-,30-,31-,32-,33-,34-,35-,36-,37-,38-,39-,40+,41+,42+,43+,44+,45+,46+,47+,48+,49+,50+,51+,52-,53-,54+,55+,56+,57+,58+,59+,60?,61+,62-,63-,64-,65+,66-,67+,68+,69-,70-/m1/s1. The van der Waals surface area contributed by atoms with Gasteiger partial charge in [0, 0.05) is 13.8 Å². The fourth-order valence-electron chi connectivity index (χ4n) is 16.5. The average molecular weight is 1880 g/mol. The maximum atomic E-state index is 13.1. The molecular weight excluding hydrogens is 1760 g/mol. The Hall–Kier alpha value is -3.22. The Morgan fingerprint density at radius 3 is 0.742 bits per heavy atom. The van der Waals surface area contributed by atoms with Crippen LogP contribution in [-0.4, -0.2) is 591 Å². The summed E-state index contributed by atoms with van der Waals surface area (Å²) in [5.74, 6) is -1.83. The molecule has 0 aromatic rings. The number of aliphatic hydroxyl groups excluding tert-OH is 33. The number of rotatable bonds is 33. The van der Waals surface area contributed by atoms with Crippen molar-refractivity contribution in [2.75, 3.05) is 72.7 Å². The smallest absolute Gasteiger partial charge is 0.217 e. The number of hydrogen-bond acceptors (Lipinski definition) is 56. The zero-order chi connectivity index (χ0) is 94.0. The summed E-state index contributed by atoms with van der Waals surface area (Å²) in [4.78, 5) is 25.4. The Bertz CT molecular complexity index is 3380. The molecule has 35 N–H and O–H groups in total. The van der Waals surface area contributed by atoms with Gasteiger partial charge < -0.3 is 279 Å². The molecular formula is C70H118N2O56. The van der Waals surface area contributed by atoms with Crippen molar-refractivity contribution in [2.45, 2.75) is 351 Å². The van der Waals surface area contributed by atoms with Crippen LogP contribution in [0.2, 0.25) is 0 Å². The zero-order valence-corrected chi connectivity index (χ0v) is 67.7. The first kappa shape index (κ1) is 105. The van der Waals surface area contributed by atoms with Gasteiger partial charge in [-0.1, -0.05) is 0 Å². The summed E-state index contributed by atoms with van der Waals surface area (Å²) in [6.45, 7) is -10.9. The molecule has 2 amide bonds. The summed E-state index contributed by atoms with van der Waals surface area (Å²) in [6.07, 6.45) is -118. The van der Waals surface area contributed by atoms with Crippen LogP contribution in [0, 0.1) is 0 Å². The van der Waals surface area contributed by atoms with E-state index >= 15 is 0 Å². The summed E-state index contributed by atoms with van der Waals surface area (Å²) in [6, 6.07) is -3.72. The number of ether oxygens (including phenoxy) is 21. The second-order valence-electron chi connectivity index (χ2n) is 32.3. The molecule has 11 saturated heterocycles. The van der Waals surface area contributed by atoms with Crippen LogP contribution in [0.1, 0.15) is 13.8 Å². The lowest BCUT2D eigenvalue weighted by atomic mass is 9.94. The van der Waals surface area contributed by atoms with Gasteiger partial charge in [0.05, 0.1) is 72.7 Å². The number of nitrogens with one attached hydrogen (secondary N) is 2. The third kappa shape index (κ3) is 22.5. The molecule has 0 aliphatic carbocycles. The molecule has 55 atom stereocenters. The monoisotopic (exact) mass is 1880 g/mol. The van der Waals surface area contributed by atoms with Gasteiger partial charge in [0.25, 0.3) is 0 Å². The molecule has 0 radical (unpaired) electrons. The van der Waals surface area contributed by atoms with Crippen LogP contribution in [0.3, 0.4) is 0 Å². The van der Waals surface area contributed by atoms with E-state index in [2.05, 4.69) is 10.6 Å². The van der Waals surface area contributed by atoms with Crippen LogP contribution in [0.5, 0.6) is 0 Å². The van der Waals surface area contributed by atoms with Crippen LogP contribution in [0.4, 0.5) is 0 Å². The van der Waals surface area contributed by atoms with E-state index in [0.717, 1.165) is 13.8 Å².